The van der Waals surface area contributed by atoms with Gasteiger partial charge in [-0.3, -0.25) is 4.79 Å². The van der Waals surface area contributed by atoms with Gasteiger partial charge in [0.1, 0.15) is 0 Å². The van der Waals surface area contributed by atoms with Crippen molar-refractivity contribution in [2.45, 2.75) is 31.4 Å². The van der Waals surface area contributed by atoms with Crippen LogP contribution in [0.4, 0.5) is 0 Å². The summed E-state index contributed by atoms with van der Waals surface area (Å²) in [6.45, 7) is 2.44. The molecule has 0 saturated carbocycles. The number of pyridine rings is 1. The quantitative estimate of drug-likeness (QED) is 0.659. The molecule has 0 aliphatic carbocycles. The second kappa shape index (κ2) is 7.65. The number of aromatic nitrogens is 5. The van der Waals surface area contributed by atoms with Crippen molar-refractivity contribution in [2.75, 3.05) is 6.54 Å². The largest absolute Gasteiger partial charge is 0.461 e. The minimum absolute atomic E-state index is 0.165. The van der Waals surface area contributed by atoms with Gasteiger partial charge < -0.3 is 10.1 Å². The molecule has 0 spiro atoms. The summed E-state index contributed by atoms with van der Waals surface area (Å²) in [5.74, 6) is 0.148. The maximum absolute atomic E-state index is 13.7. The lowest BCUT2D eigenvalue weighted by molar-refractivity contribution is 0.0264. The van der Waals surface area contributed by atoms with E-state index in [1.807, 2.05) is 6.07 Å². The Balaban J connectivity index is 1.74. The molecule has 1 aliphatic rings. The summed E-state index contributed by atoms with van der Waals surface area (Å²) in [4.78, 5) is 19.3. The van der Waals surface area contributed by atoms with Crippen molar-refractivity contribution in [3.63, 3.8) is 0 Å². The highest BCUT2D eigenvalue weighted by Gasteiger charge is 2.45. The van der Waals surface area contributed by atoms with Crippen molar-refractivity contribution >= 4 is 17.4 Å². The highest BCUT2D eigenvalue weighted by Crippen LogP contribution is 2.31. The number of piperidine rings is 1. The number of ether oxygens (including phenoxy) is 1. The van der Waals surface area contributed by atoms with E-state index in [1.54, 1.807) is 36.5 Å². The standard InChI is InChI=1S/C19H19ClN6O2/c1-13-6-8-19(11-22-13,28-17-10-14(20)7-9-21-17)18(27)15-4-2-3-5-16(15)26-24-12-23-25-26/h2-5,7,9-10,12-13,22H,6,8,11H2,1H3/t13-,19-/m1/s1. The van der Waals surface area contributed by atoms with Crippen LogP contribution in [0.15, 0.2) is 48.9 Å². The van der Waals surface area contributed by atoms with E-state index in [1.165, 1.54) is 11.1 Å². The van der Waals surface area contributed by atoms with Crippen molar-refractivity contribution < 1.29 is 9.53 Å². The zero-order valence-electron chi connectivity index (χ0n) is 15.2. The third kappa shape index (κ3) is 3.61. The Morgan fingerprint density at radius 2 is 2.21 bits per heavy atom. The molecule has 3 aromatic rings. The van der Waals surface area contributed by atoms with Gasteiger partial charge in [0.15, 0.2) is 11.9 Å². The Labute approximate surface area is 166 Å². The number of ketones is 1. The van der Waals surface area contributed by atoms with Gasteiger partial charge in [0, 0.05) is 35.4 Å². The highest BCUT2D eigenvalue weighted by molar-refractivity contribution is 6.30. The smallest absolute Gasteiger partial charge is 0.215 e. The van der Waals surface area contributed by atoms with Crippen molar-refractivity contribution in [2.24, 2.45) is 0 Å². The molecular weight excluding hydrogens is 380 g/mol. The van der Waals surface area contributed by atoms with Crippen LogP contribution in [0.25, 0.3) is 5.69 Å². The summed E-state index contributed by atoms with van der Waals surface area (Å²) in [6.07, 6.45) is 4.22. The normalized spacial score (nSPS) is 22.0. The number of carbonyl (C=O) groups is 1. The Hall–Kier alpha value is -2.84. The number of hydrogen-bond donors (Lipinski definition) is 1. The topological polar surface area (TPSA) is 94.8 Å². The number of Topliss-reactive ketones (excluding diaryl/α,β-unsaturated/α-hetero) is 1. The molecular formula is C19H19ClN6O2. The molecule has 1 aliphatic heterocycles. The van der Waals surface area contributed by atoms with E-state index in [2.05, 4.69) is 32.6 Å². The molecule has 8 nitrogen and oxygen atoms in total. The van der Waals surface area contributed by atoms with Crippen LogP contribution in [0, 0.1) is 0 Å². The predicted octanol–water partition coefficient (Wildman–Crippen LogP) is 2.48. The number of carbonyl (C=O) groups excluding carboxylic acids is 1. The molecule has 1 saturated heterocycles. The van der Waals surface area contributed by atoms with Gasteiger partial charge in [0.05, 0.1) is 5.69 Å². The lowest BCUT2D eigenvalue weighted by atomic mass is 9.83. The molecule has 0 radical (unpaired) electrons. The minimum atomic E-state index is -1.11. The summed E-state index contributed by atoms with van der Waals surface area (Å²) in [6, 6.07) is 10.7. The molecule has 1 N–H and O–H groups in total. The average molecular weight is 399 g/mol. The fourth-order valence-corrected chi connectivity index (χ4v) is 3.46. The van der Waals surface area contributed by atoms with Crippen LogP contribution in [-0.4, -0.2) is 49.2 Å². The summed E-state index contributed by atoms with van der Waals surface area (Å²) in [5, 5.41) is 15.6. The van der Waals surface area contributed by atoms with Gasteiger partial charge in [0.25, 0.3) is 0 Å². The molecule has 0 amide bonds. The van der Waals surface area contributed by atoms with E-state index < -0.39 is 5.60 Å². The molecule has 0 unspecified atom stereocenters. The number of benzene rings is 1. The molecule has 3 heterocycles. The molecule has 4 rings (SSSR count). The fraction of sp³-hybridized carbons (Fsp3) is 0.316. The minimum Gasteiger partial charge on any atom is -0.461 e. The SMILES string of the molecule is C[C@@H]1CC[C@](Oc2cc(Cl)ccn2)(C(=O)c2ccccc2-n2ncnn2)CN1. The van der Waals surface area contributed by atoms with Crippen molar-refractivity contribution in [3.8, 4) is 11.6 Å². The van der Waals surface area contributed by atoms with Crippen LogP contribution >= 0.6 is 11.6 Å². The zero-order valence-corrected chi connectivity index (χ0v) is 16.0. The molecule has 0 bridgehead atoms. The maximum atomic E-state index is 13.7. The number of halogens is 1. The van der Waals surface area contributed by atoms with E-state index in [4.69, 9.17) is 16.3 Å². The molecule has 1 fully saturated rings. The molecule has 144 valence electrons. The predicted molar refractivity (Wildman–Crippen MR) is 103 cm³/mol. The fourth-order valence-electron chi connectivity index (χ4n) is 3.31. The number of hydrogen-bond acceptors (Lipinski definition) is 7. The second-order valence-corrected chi connectivity index (χ2v) is 7.24. The number of rotatable bonds is 5. The molecule has 2 atom stereocenters. The van der Waals surface area contributed by atoms with Crippen molar-refractivity contribution in [3.05, 3.63) is 59.5 Å². The van der Waals surface area contributed by atoms with Gasteiger partial charge in [-0.2, -0.15) is 0 Å². The first kappa shape index (κ1) is 18.5. The van der Waals surface area contributed by atoms with E-state index in [9.17, 15) is 4.79 Å². The lowest BCUT2D eigenvalue weighted by Gasteiger charge is -2.38. The van der Waals surface area contributed by atoms with Gasteiger partial charge in [0.2, 0.25) is 11.7 Å². The summed E-state index contributed by atoms with van der Waals surface area (Å²) in [5.41, 5.74) is -0.106. The molecule has 2 aromatic heterocycles. The average Bonchev–Trinajstić information content (AvgIpc) is 3.24. The van der Waals surface area contributed by atoms with E-state index >= 15 is 0 Å². The van der Waals surface area contributed by atoms with Gasteiger partial charge >= 0.3 is 0 Å². The number of tetrazole rings is 1. The zero-order chi connectivity index (χ0) is 19.6. The van der Waals surface area contributed by atoms with Crippen LogP contribution in [0.5, 0.6) is 5.88 Å². The highest BCUT2D eigenvalue weighted by atomic mass is 35.5. The Morgan fingerprint density at radius 3 is 2.93 bits per heavy atom. The lowest BCUT2D eigenvalue weighted by Crippen LogP contribution is -2.58. The molecule has 9 heteroatoms. The van der Waals surface area contributed by atoms with Crippen molar-refractivity contribution in [1.82, 2.24) is 30.5 Å². The summed E-state index contributed by atoms with van der Waals surface area (Å²) < 4.78 is 6.19. The van der Waals surface area contributed by atoms with Crippen LogP contribution in [-0.2, 0) is 0 Å². The third-order valence-electron chi connectivity index (χ3n) is 4.84. The van der Waals surface area contributed by atoms with Gasteiger partial charge in [-0.1, -0.05) is 23.7 Å². The maximum Gasteiger partial charge on any atom is 0.215 e. The number of nitrogens with one attached hydrogen (secondary N) is 1. The Morgan fingerprint density at radius 1 is 1.36 bits per heavy atom. The second-order valence-electron chi connectivity index (χ2n) is 6.80. The van der Waals surface area contributed by atoms with Gasteiger partial charge in [-0.25, -0.2) is 4.98 Å². The Kier molecular flexibility index (Phi) is 5.06. The van der Waals surface area contributed by atoms with E-state index in [0.717, 1.165) is 6.42 Å². The number of nitrogens with zero attached hydrogens (tertiary/aromatic N) is 5. The third-order valence-corrected chi connectivity index (χ3v) is 5.08. The van der Waals surface area contributed by atoms with Crippen LogP contribution in [0.1, 0.15) is 30.1 Å². The van der Waals surface area contributed by atoms with Crippen LogP contribution in [0.3, 0.4) is 0 Å². The van der Waals surface area contributed by atoms with Gasteiger partial charge in [-0.05, 0) is 43.2 Å². The van der Waals surface area contributed by atoms with Crippen LogP contribution < -0.4 is 10.1 Å². The summed E-state index contributed by atoms with van der Waals surface area (Å²) in [7, 11) is 0. The molecule has 1 aromatic carbocycles. The van der Waals surface area contributed by atoms with E-state index in [0.29, 0.717) is 41.2 Å². The van der Waals surface area contributed by atoms with Crippen molar-refractivity contribution in [1.29, 1.82) is 0 Å². The molecule has 28 heavy (non-hydrogen) atoms. The monoisotopic (exact) mass is 398 g/mol. The first-order valence-electron chi connectivity index (χ1n) is 8.98. The number of para-hydroxylation sites is 1. The first-order valence-corrected chi connectivity index (χ1v) is 9.36. The van der Waals surface area contributed by atoms with Crippen LogP contribution in [0.2, 0.25) is 5.02 Å². The first-order chi connectivity index (χ1) is 13.6. The Bertz CT molecular complexity index is 970. The van der Waals surface area contributed by atoms with Gasteiger partial charge in [-0.15, -0.1) is 15.0 Å². The van der Waals surface area contributed by atoms with E-state index in [-0.39, 0.29) is 5.78 Å². The summed E-state index contributed by atoms with van der Waals surface area (Å²) >= 11 is 6.07.